The first kappa shape index (κ1) is 19.9. The lowest BCUT2D eigenvalue weighted by Gasteiger charge is -2.34. The van der Waals surface area contributed by atoms with Crippen LogP contribution in [0, 0.1) is 5.82 Å². The Bertz CT molecular complexity index is 1240. The summed E-state index contributed by atoms with van der Waals surface area (Å²) in [7, 11) is 0. The van der Waals surface area contributed by atoms with Crippen LogP contribution in [0.15, 0.2) is 60.9 Å². The van der Waals surface area contributed by atoms with Gasteiger partial charge in [0.25, 0.3) is 0 Å². The summed E-state index contributed by atoms with van der Waals surface area (Å²) in [6.07, 6.45) is 1.11. The zero-order valence-electron chi connectivity index (χ0n) is 17.1. The number of anilines is 1. The van der Waals surface area contributed by atoms with Gasteiger partial charge in [0.2, 0.25) is 0 Å². The predicted octanol–water partition coefficient (Wildman–Crippen LogP) is 2.81. The number of hydrogen-bond acceptors (Lipinski definition) is 7. The number of rotatable bonds is 4. The normalized spacial score (nSPS) is 14.0. The first-order valence-corrected chi connectivity index (χ1v) is 10.2. The molecule has 1 aliphatic heterocycles. The van der Waals surface area contributed by atoms with Gasteiger partial charge in [0.15, 0.2) is 17.0 Å². The molecule has 1 saturated heterocycles. The molecule has 0 spiro atoms. The zero-order valence-corrected chi connectivity index (χ0v) is 17.1. The van der Waals surface area contributed by atoms with Crippen LogP contribution in [0.4, 0.5) is 15.0 Å². The van der Waals surface area contributed by atoms with E-state index in [2.05, 4.69) is 20.3 Å². The molecule has 2 aromatic carbocycles. The van der Waals surface area contributed by atoms with Gasteiger partial charge < -0.3 is 14.5 Å². The maximum absolute atomic E-state index is 13.6. The van der Waals surface area contributed by atoms with Gasteiger partial charge in [-0.1, -0.05) is 41.6 Å². The summed E-state index contributed by atoms with van der Waals surface area (Å²) in [4.78, 5) is 24.8. The van der Waals surface area contributed by atoms with E-state index >= 15 is 0 Å². The molecule has 1 aliphatic rings. The third-order valence-electron chi connectivity index (χ3n) is 5.31. The van der Waals surface area contributed by atoms with Crippen LogP contribution in [-0.2, 0) is 11.3 Å². The summed E-state index contributed by atoms with van der Waals surface area (Å²) in [5, 5.41) is 8.38. The van der Waals surface area contributed by atoms with Crippen molar-refractivity contribution in [3.8, 4) is 5.69 Å². The van der Waals surface area contributed by atoms with Gasteiger partial charge in [-0.2, -0.15) is 4.68 Å². The highest BCUT2D eigenvalue weighted by Crippen LogP contribution is 2.24. The number of aromatic nitrogens is 5. The van der Waals surface area contributed by atoms with Gasteiger partial charge in [-0.05, 0) is 23.8 Å². The molecule has 0 unspecified atom stereocenters. The fourth-order valence-electron chi connectivity index (χ4n) is 3.66. The number of carbonyl (C=O) groups is 1. The van der Waals surface area contributed by atoms with Crippen molar-refractivity contribution in [1.29, 1.82) is 0 Å². The minimum Gasteiger partial charge on any atom is -0.445 e. The number of piperazine rings is 1. The van der Waals surface area contributed by atoms with E-state index in [0.717, 1.165) is 5.56 Å². The number of nitrogens with zero attached hydrogens (tertiary/aromatic N) is 7. The molecular formula is C22H20FN7O2. The minimum absolute atomic E-state index is 0.246. The second kappa shape index (κ2) is 8.58. The Balaban J connectivity index is 1.27. The summed E-state index contributed by atoms with van der Waals surface area (Å²) in [5.74, 6) is 0.269. The van der Waals surface area contributed by atoms with Gasteiger partial charge in [-0.3, -0.25) is 0 Å². The van der Waals surface area contributed by atoms with Gasteiger partial charge in [0.05, 0.1) is 5.69 Å². The molecule has 162 valence electrons. The molecule has 0 aliphatic carbocycles. The molecule has 0 bridgehead atoms. The molecule has 0 radical (unpaired) electrons. The van der Waals surface area contributed by atoms with Crippen molar-refractivity contribution in [2.45, 2.75) is 6.61 Å². The van der Waals surface area contributed by atoms with Crippen LogP contribution in [-0.4, -0.2) is 62.1 Å². The average Bonchev–Trinajstić information content (AvgIpc) is 3.28. The number of hydrogen-bond donors (Lipinski definition) is 0. The van der Waals surface area contributed by atoms with E-state index in [4.69, 9.17) is 4.74 Å². The van der Waals surface area contributed by atoms with E-state index in [-0.39, 0.29) is 18.5 Å². The fourth-order valence-corrected chi connectivity index (χ4v) is 3.66. The molecule has 9 nitrogen and oxygen atoms in total. The van der Waals surface area contributed by atoms with E-state index < -0.39 is 0 Å². The Morgan fingerprint density at radius 2 is 1.81 bits per heavy atom. The van der Waals surface area contributed by atoms with Crippen molar-refractivity contribution in [1.82, 2.24) is 29.9 Å². The Hall–Kier alpha value is -4.08. The molecule has 2 aromatic heterocycles. The molecule has 4 aromatic rings. The Kier molecular flexibility index (Phi) is 5.32. The Morgan fingerprint density at radius 3 is 2.59 bits per heavy atom. The molecule has 1 amide bonds. The van der Waals surface area contributed by atoms with Gasteiger partial charge in [0.1, 0.15) is 18.8 Å². The van der Waals surface area contributed by atoms with E-state index in [0.29, 0.717) is 48.8 Å². The molecule has 10 heteroatoms. The van der Waals surface area contributed by atoms with Crippen LogP contribution < -0.4 is 4.90 Å². The smallest absolute Gasteiger partial charge is 0.410 e. The summed E-state index contributed by atoms with van der Waals surface area (Å²) in [6, 6.07) is 15.7. The van der Waals surface area contributed by atoms with Gasteiger partial charge in [0, 0.05) is 26.2 Å². The first-order chi connectivity index (χ1) is 15.7. The number of ether oxygens (including phenoxy) is 1. The van der Waals surface area contributed by atoms with Crippen molar-refractivity contribution in [2.75, 3.05) is 31.1 Å². The summed E-state index contributed by atoms with van der Waals surface area (Å²) in [5.41, 5.74) is 2.49. The van der Waals surface area contributed by atoms with E-state index in [9.17, 15) is 9.18 Å². The number of carbonyl (C=O) groups excluding carboxylic acids is 1. The lowest BCUT2D eigenvalue weighted by atomic mass is 10.2. The lowest BCUT2D eigenvalue weighted by Crippen LogP contribution is -2.49. The SMILES string of the molecule is O=C(OCc1ccccc1)N1CCN(c2ncnc3c2nnn3-c2cccc(F)c2)CC1. The van der Waals surface area contributed by atoms with Crippen LogP contribution in [0.1, 0.15) is 5.56 Å². The van der Waals surface area contributed by atoms with E-state index in [1.807, 2.05) is 35.2 Å². The van der Waals surface area contributed by atoms with Crippen molar-refractivity contribution in [3.63, 3.8) is 0 Å². The second-order valence-electron chi connectivity index (χ2n) is 7.36. The summed E-state index contributed by atoms with van der Waals surface area (Å²) < 4.78 is 20.6. The molecule has 32 heavy (non-hydrogen) atoms. The van der Waals surface area contributed by atoms with Crippen LogP contribution in [0.25, 0.3) is 16.9 Å². The highest BCUT2D eigenvalue weighted by atomic mass is 19.1. The predicted molar refractivity (Wildman–Crippen MR) is 115 cm³/mol. The number of halogens is 1. The molecule has 1 fully saturated rings. The molecule has 0 saturated carbocycles. The Labute approximate surface area is 183 Å². The second-order valence-corrected chi connectivity index (χ2v) is 7.36. The van der Waals surface area contributed by atoms with Crippen molar-refractivity contribution >= 4 is 23.1 Å². The largest absolute Gasteiger partial charge is 0.445 e. The van der Waals surface area contributed by atoms with E-state index in [1.165, 1.54) is 23.1 Å². The van der Waals surface area contributed by atoms with Gasteiger partial charge in [-0.25, -0.2) is 19.2 Å². The summed E-state index contributed by atoms with van der Waals surface area (Å²) >= 11 is 0. The summed E-state index contributed by atoms with van der Waals surface area (Å²) in [6.45, 7) is 2.38. The number of benzene rings is 2. The van der Waals surface area contributed by atoms with Crippen molar-refractivity contribution < 1.29 is 13.9 Å². The molecule has 0 atom stereocenters. The minimum atomic E-state index is -0.365. The fraction of sp³-hybridized carbons (Fsp3) is 0.227. The van der Waals surface area contributed by atoms with Gasteiger partial charge >= 0.3 is 6.09 Å². The van der Waals surface area contributed by atoms with Crippen LogP contribution in [0.3, 0.4) is 0 Å². The molecule has 3 heterocycles. The molecule has 5 rings (SSSR count). The van der Waals surface area contributed by atoms with Gasteiger partial charge in [-0.15, -0.1) is 5.10 Å². The maximum Gasteiger partial charge on any atom is 0.410 e. The number of amides is 1. The van der Waals surface area contributed by atoms with Crippen LogP contribution >= 0.6 is 0 Å². The topological polar surface area (TPSA) is 89.3 Å². The monoisotopic (exact) mass is 433 g/mol. The highest BCUT2D eigenvalue weighted by Gasteiger charge is 2.25. The maximum atomic E-state index is 13.6. The highest BCUT2D eigenvalue weighted by molar-refractivity contribution is 5.83. The van der Waals surface area contributed by atoms with Crippen molar-refractivity contribution in [2.24, 2.45) is 0 Å². The van der Waals surface area contributed by atoms with Crippen LogP contribution in [0.2, 0.25) is 0 Å². The lowest BCUT2D eigenvalue weighted by molar-refractivity contribution is 0.0941. The Morgan fingerprint density at radius 1 is 1.00 bits per heavy atom. The van der Waals surface area contributed by atoms with Crippen LogP contribution in [0.5, 0.6) is 0 Å². The third kappa shape index (κ3) is 3.94. The third-order valence-corrected chi connectivity index (χ3v) is 5.31. The quantitative estimate of drug-likeness (QED) is 0.489. The van der Waals surface area contributed by atoms with Crippen molar-refractivity contribution in [3.05, 3.63) is 72.3 Å². The standard InChI is InChI=1S/C22H20FN7O2/c23-17-7-4-8-18(13-17)30-21-19(26-27-30)20(24-15-25-21)28-9-11-29(12-10-28)22(31)32-14-16-5-2-1-3-6-16/h1-8,13,15H,9-12,14H2. The number of fused-ring (bicyclic) bond motifs is 1. The molecular weight excluding hydrogens is 413 g/mol. The average molecular weight is 433 g/mol. The first-order valence-electron chi connectivity index (χ1n) is 10.2. The van der Waals surface area contributed by atoms with E-state index in [1.54, 1.807) is 17.0 Å². The molecule has 0 N–H and O–H groups in total. The zero-order chi connectivity index (χ0) is 21.9.